The first-order valence-electron chi connectivity index (χ1n) is 11.1. The zero-order chi connectivity index (χ0) is 23.7. The first-order valence-corrected chi connectivity index (χ1v) is 11.8. The van der Waals surface area contributed by atoms with Crippen LogP contribution in [0.3, 0.4) is 0 Å². The second kappa shape index (κ2) is 9.61. The van der Waals surface area contributed by atoms with Crippen molar-refractivity contribution in [3.8, 4) is 28.4 Å². The molecule has 2 heterocycles. The third kappa shape index (κ3) is 4.33. The Bertz CT molecular complexity index is 1410. The molecule has 1 aromatic heterocycles. The largest absolute Gasteiger partial charge is 0.490 e. The van der Waals surface area contributed by atoms with Gasteiger partial charge in [-0.25, -0.2) is 0 Å². The summed E-state index contributed by atoms with van der Waals surface area (Å²) in [6.45, 7) is 3.39. The SMILES string of the molecule is CCc1cc2c(=O)c(-c3ccc4c(c3)OCCCO4)coc2cc1OCc1c(Cl)cccc1Cl. The standard InChI is InChI=1S/C27H22Cl2O5/c1-2-16-11-18-25(13-24(16)33-15-20-21(28)5-3-6-22(20)29)34-14-19(27(18)30)17-7-8-23-26(12-17)32-10-4-9-31-23/h3,5-8,11-14H,2,4,9-10,15H2,1H3. The minimum atomic E-state index is -0.119. The minimum Gasteiger partial charge on any atom is -0.490 e. The van der Waals surface area contributed by atoms with Crippen molar-refractivity contribution >= 4 is 34.2 Å². The van der Waals surface area contributed by atoms with E-state index in [1.54, 1.807) is 24.3 Å². The van der Waals surface area contributed by atoms with Crippen molar-refractivity contribution in [2.24, 2.45) is 0 Å². The monoisotopic (exact) mass is 496 g/mol. The van der Waals surface area contributed by atoms with E-state index in [9.17, 15) is 4.79 Å². The Balaban J connectivity index is 1.51. The number of benzene rings is 3. The van der Waals surface area contributed by atoms with Gasteiger partial charge in [0.05, 0.1) is 24.2 Å². The number of hydrogen-bond acceptors (Lipinski definition) is 5. The summed E-state index contributed by atoms with van der Waals surface area (Å²) in [4.78, 5) is 13.4. The van der Waals surface area contributed by atoms with Crippen LogP contribution in [0.5, 0.6) is 17.2 Å². The second-order valence-corrected chi connectivity index (χ2v) is 8.80. The van der Waals surface area contributed by atoms with Gasteiger partial charge in [0.25, 0.3) is 0 Å². The van der Waals surface area contributed by atoms with Crippen LogP contribution in [0, 0.1) is 0 Å². The lowest BCUT2D eigenvalue weighted by Crippen LogP contribution is -2.07. The lowest BCUT2D eigenvalue weighted by Gasteiger charge is -2.14. The van der Waals surface area contributed by atoms with E-state index in [4.69, 9.17) is 41.8 Å². The van der Waals surface area contributed by atoms with E-state index >= 15 is 0 Å². The van der Waals surface area contributed by atoms with Gasteiger partial charge in [0.1, 0.15) is 24.2 Å². The lowest BCUT2D eigenvalue weighted by molar-refractivity contribution is 0.297. The van der Waals surface area contributed by atoms with Crippen molar-refractivity contribution in [2.45, 2.75) is 26.4 Å². The summed E-state index contributed by atoms with van der Waals surface area (Å²) in [6, 6.07) is 14.4. The van der Waals surface area contributed by atoms with E-state index in [0.717, 1.165) is 12.0 Å². The molecule has 0 bridgehead atoms. The van der Waals surface area contributed by atoms with E-state index < -0.39 is 0 Å². The van der Waals surface area contributed by atoms with E-state index in [1.165, 1.54) is 6.26 Å². The molecule has 174 valence electrons. The molecule has 4 aromatic rings. The van der Waals surface area contributed by atoms with E-state index in [1.807, 2.05) is 31.2 Å². The molecule has 0 fully saturated rings. The van der Waals surface area contributed by atoms with Crippen molar-refractivity contribution in [2.75, 3.05) is 13.2 Å². The number of aryl methyl sites for hydroxylation is 1. The molecule has 5 nitrogen and oxygen atoms in total. The maximum atomic E-state index is 13.4. The molecule has 5 rings (SSSR count). The van der Waals surface area contributed by atoms with Gasteiger partial charge in [0.15, 0.2) is 11.5 Å². The molecule has 0 saturated carbocycles. The van der Waals surface area contributed by atoms with Crippen LogP contribution in [0.2, 0.25) is 10.0 Å². The Hall–Kier alpha value is -3.15. The van der Waals surface area contributed by atoms with Gasteiger partial charge in [-0.2, -0.15) is 0 Å². The van der Waals surface area contributed by atoms with Gasteiger partial charge in [-0.15, -0.1) is 0 Å². The maximum absolute atomic E-state index is 13.4. The fourth-order valence-electron chi connectivity index (χ4n) is 3.96. The quantitative estimate of drug-likeness (QED) is 0.295. The molecule has 0 spiro atoms. The van der Waals surface area contributed by atoms with E-state index in [2.05, 4.69) is 0 Å². The molecule has 0 saturated heterocycles. The highest BCUT2D eigenvalue weighted by Crippen LogP contribution is 2.35. The molecular weight excluding hydrogens is 475 g/mol. The summed E-state index contributed by atoms with van der Waals surface area (Å²) in [6.07, 6.45) is 2.97. The van der Waals surface area contributed by atoms with Crippen molar-refractivity contribution in [3.63, 3.8) is 0 Å². The van der Waals surface area contributed by atoms with Crippen LogP contribution in [0.1, 0.15) is 24.5 Å². The number of ether oxygens (including phenoxy) is 3. The average molecular weight is 497 g/mol. The van der Waals surface area contributed by atoms with Crippen LogP contribution in [0.4, 0.5) is 0 Å². The van der Waals surface area contributed by atoms with Crippen molar-refractivity contribution in [1.82, 2.24) is 0 Å². The van der Waals surface area contributed by atoms with Crippen LogP contribution in [-0.2, 0) is 13.0 Å². The number of rotatable bonds is 5. The van der Waals surface area contributed by atoms with Gasteiger partial charge in [0, 0.05) is 28.1 Å². The summed E-state index contributed by atoms with van der Waals surface area (Å²) in [5, 5.41) is 1.57. The van der Waals surface area contributed by atoms with Crippen molar-refractivity contribution < 1.29 is 18.6 Å². The van der Waals surface area contributed by atoms with Crippen LogP contribution in [0.15, 0.2) is 64.0 Å². The molecule has 0 radical (unpaired) electrons. The van der Waals surface area contributed by atoms with Gasteiger partial charge >= 0.3 is 0 Å². The third-order valence-electron chi connectivity index (χ3n) is 5.83. The first kappa shape index (κ1) is 22.6. The van der Waals surface area contributed by atoms with E-state index in [0.29, 0.717) is 74.6 Å². The van der Waals surface area contributed by atoms with Crippen LogP contribution in [-0.4, -0.2) is 13.2 Å². The predicted octanol–water partition coefficient (Wildman–Crippen LogP) is 7.07. The van der Waals surface area contributed by atoms with Crippen molar-refractivity contribution in [1.29, 1.82) is 0 Å². The highest BCUT2D eigenvalue weighted by molar-refractivity contribution is 6.35. The molecule has 1 aliphatic rings. The Labute approximate surface area is 206 Å². The average Bonchev–Trinajstić information content (AvgIpc) is 3.08. The highest BCUT2D eigenvalue weighted by Gasteiger charge is 2.17. The summed E-state index contributed by atoms with van der Waals surface area (Å²) in [5.74, 6) is 1.93. The molecular formula is C27H22Cl2O5. The summed E-state index contributed by atoms with van der Waals surface area (Å²) in [5.41, 5.74) is 3.10. The van der Waals surface area contributed by atoms with Gasteiger partial charge < -0.3 is 18.6 Å². The molecule has 1 aliphatic heterocycles. The van der Waals surface area contributed by atoms with Gasteiger partial charge in [0.2, 0.25) is 5.43 Å². The zero-order valence-corrected chi connectivity index (χ0v) is 20.0. The molecule has 0 aliphatic carbocycles. The van der Waals surface area contributed by atoms with Crippen LogP contribution >= 0.6 is 23.2 Å². The summed E-state index contributed by atoms with van der Waals surface area (Å²) in [7, 11) is 0. The molecule has 0 atom stereocenters. The maximum Gasteiger partial charge on any atom is 0.200 e. The predicted molar refractivity (Wildman–Crippen MR) is 134 cm³/mol. The fourth-order valence-corrected chi connectivity index (χ4v) is 4.47. The summed E-state index contributed by atoms with van der Waals surface area (Å²) < 4.78 is 23.4. The third-order valence-corrected chi connectivity index (χ3v) is 6.54. The molecule has 0 N–H and O–H groups in total. The number of hydrogen-bond donors (Lipinski definition) is 0. The summed E-state index contributed by atoms with van der Waals surface area (Å²) >= 11 is 12.5. The minimum absolute atomic E-state index is 0.119. The van der Waals surface area contributed by atoms with Crippen LogP contribution < -0.4 is 19.6 Å². The second-order valence-electron chi connectivity index (χ2n) is 7.99. The lowest BCUT2D eigenvalue weighted by atomic mass is 10.0. The fraction of sp³-hybridized carbons (Fsp3) is 0.222. The van der Waals surface area contributed by atoms with Gasteiger partial charge in [-0.3, -0.25) is 4.79 Å². The van der Waals surface area contributed by atoms with E-state index in [-0.39, 0.29) is 12.0 Å². The Morgan fingerprint density at radius 1 is 0.971 bits per heavy atom. The Kier molecular flexibility index (Phi) is 6.40. The van der Waals surface area contributed by atoms with Gasteiger partial charge in [-0.05, 0) is 47.9 Å². The highest BCUT2D eigenvalue weighted by atomic mass is 35.5. The molecule has 3 aromatic carbocycles. The molecule has 7 heteroatoms. The Morgan fingerprint density at radius 3 is 2.50 bits per heavy atom. The van der Waals surface area contributed by atoms with Gasteiger partial charge in [-0.1, -0.05) is 42.3 Å². The Morgan fingerprint density at radius 2 is 1.74 bits per heavy atom. The smallest absolute Gasteiger partial charge is 0.200 e. The molecule has 0 amide bonds. The topological polar surface area (TPSA) is 57.9 Å². The molecule has 0 unspecified atom stereocenters. The number of halogens is 2. The first-order chi connectivity index (χ1) is 16.5. The van der Waals surface area contributed by atoms with Crippen molar-refractivity contribution in [3.05, 3.63) is 86.2 Å². The normalized spacial score (nSPS) is 13.0. The van der Waals surface area contributed by atoms with Crippen LogP contribution in [0.25, 0.3) is 22.1 Å². The zero-order valence-electron chi connectivity index (χ0n) is 18.5. The number of fused-ring (bicyclic) bond motifs is 2. The molecule has 34 heavy (non-hydrogen) atoms.